The van der Waals surface area contributed by atoms with Crippen molar-refractivity contribution in [1.82, 2.24) is 9.80 Å². The highest BCUT2D eigenvalue weighted by Crippen LogP contribution is 2.26. The van der Waals surface area contributed by atoms with Crippen LogP contribution in [0.2, 0.25) is 5.02 Å². The molecule has 0 radical (unpaired) electrons. The quantitative estimate of drug-likeness (QED) is 0.367. The summed E-state index contributed by atoms with van der Waals surface area (Å²) in [5.41, 5.74) is 4.09. The number of imide groups is 1. The van der Waals surface area contributed by atoms with Crippen molar-refractivity contribution in [2.24, 2.45) is 0 Å². The molecule has 1 fully saturated rings. The molecule has 0 spiro atoms. The Hall–Kier alpha value is -3.84. The van der Waals surface area contributed by atoms with Gasteiger partial charge in [0.15, 0.2) is 6.10 Å². The highest BCUT2D eigenvalue weighted by molar-refractivity contribution is 6.31. The second kappa shape index (κ2) is 11.5. The Morgan fingerprint density at radius 2 is 1.78 bits per heavy atom. The summed E-state index contributed by atoms with van der Waals surface area (Å²) >= 11 is 6.40. The van der Waals surface area contributed by atoms with E-state index in [-0.39, 0.29) is 30.9 Å². The number of urea groups is 1. The van der Waals surface area contributed by atoms with Gasteiger partial charge >= 0.3 is 6.03 Å². The van der Waals surface area contributed by atoms with Crippen molar-refractivity contribution in [2.75, 3.05) is 11.9 Å². The lowest BCUT2D eigenvalue weighted by molar-refractivity contribution is -0.126. The van der Waals surface area contributed by atoms with Crippen molar-refractivity contribution in [3.8, 4) is 5.75 Å². The first kappa shape index (κ1) is 26.2. The average molecular weight is 520 g/mol. The van der Waals surface area contributed by atoms with Crippen LogP contribution in [0.4, 0.5) is 10.5 Å². The molecule has 8 heteroatoms. The van der Waals surface area contributed by atoms with Crippen LogP contribution < -0.4 is 10.1 Å². The Labute approximate surface area is 222 Å². The molecule has 37 heavy (non-hydrogen) atoms. The maximum Gasteiger partial charge on any atom is 0.327 e. The number of rotatable bonds is 9. The number of carbonyl (C=O) groups excluding carboxylic acids is 3. The molecule has 4 rings (SSSR count). The molecule has 0 bridgehead atoms. The van der Waals surface area contributed by atoms with Gasteiger partial charge in [0.2, 0.25) is 0 Å². The normalized spacial score (nSPS) is 14.2. The fourth-order valence-electron chi connectivity index (χ4n) is 4.25. The zero-order valence-corrected chi connectivity index (χ0v) is 21.9. The van der Waals surface area contributed by atoms with Gasteiger partial charge in [-0.15, -0.1) is 0 Å². The molecule has 1 N–H and O–H groups in total. The molecule has 3 aromatic carbocycles. The molecule has 0 aromatic heterocycles. The van der Waals surface area contributed by atoms with Crippen LogP contribution >= 0.6 is 11.6 Å². The predicted octanol–water partition coefficient (Wildman–Crippen LogP) is 5.72. The molecule has 192 valence electrons. The van der Waals surface area contributed by atoms with Gasteiger partial charge in [-0.05, 0) is 61.2 Å². The maximum absolute atomic E-state index is 13.0. The van der Waals surface area contributed by atoms with E-state index < -0.39 is 6.10 Å². The van der Waals surface area contributed by atoms with Gasteiger partial charge in [-0.3, -0.25) is 14.5 Å². The van der Waals surface area contributed by atoms with Crippen molar-refractivity contribution in [3.63, 3.8) is 0 Å². The van der Waals surface area contributed by atoms with Crippen molar-refractivity contribution in [3.05, 3.63) is 94.0 Å². The zero-order valence-electron chi connectivity index (χ0n) is 21.2. The van der Waals surface area contributed by atoms with Crippen LogP contribution in [-0.2, 0) is 22.7 Å². The van der Waals surface area contributed by atoms with Crippen LogP contribution in [0.3, 0.4) is 0 Å². The standard InChI is InChI=1S/C29H30ClN3O4/c1-4-25(37-26-13-10-19(2)14-20(26)3)28(35)31-23-11-12-24(30)22(15-23)17-33-27(34)18-32(29(33)36)16-21-8-6-5-7-9-21/h5-15,25H,4,16-18H2,1-3H3,(H,31,35). The number of nitrogens with one attached hydrogen (secondary N) is 1. The number of nitrogens with zero attached hydrogens (tertiary/aromatic N) is 2. The van der Waals surface area contributed by atoms with Gasteiger partial charge in [0.05, 0.1) is 6.54 Å². The smallest absolute Gasteiger partial charge is 0.327 e. The third kappa shape index (κ3) is 6.30. The van der Waals surface area contributed by atoms with Gasteiger partial charge in [0.1, 0.15) is 12.3 Å². The first-order chi connectivity index (χ1) is 17.7. The second-order valence-electron chi connectivity index (χ2n) is 9.18. The summed E-state index contributed by atoms with van der Waals surface area (Å²) in [4.78, 5) is 41.3. The van der Waals surface area contributed by atoms with Crippen molar-refractivity contribution < 1.29 is 19.1 Å². The molecule has 1 atom stereocenters. The number of carbonyl (C=O) groups is 3. The summed E-state index contributed by atoms with van der Waals surface area (Å²) in [5.74, 6) is 0.0768. The summed E-state index contributed by atoms with van der Waals surface area (Å²) < 4.78 is 5.99. The molecule has 1 unspecified atom stereocenters. The molecule has 1 aliphatic heterocycles. The van der Waals surface area contributed by atoms with E-state index >= 15 is 0 Å². The SMILES string of the molecule is CCC(Oc1ccc(C)cc1C)C(=O)Nc1ccc(Cl)c(CN2C(=O)CN(Cc3ccccc3)C2=O)c1. The first-order valence-corrected chi connectivity index (χ1v) is 12.6. The monoisotopic (exact) mass is 519 g/mol. The third-order valence-corrected chi connectivity index (χ3v) is 6.62. The minimum atomic E-state index is -0.686. The molecule has 0 saturated carbocycles. The second-order valence-corrected chi connectivity index (χ2v) is 9.59. The van der Waals surface area contributed by atoms with Gasteiger partial charge < -0.3 is 15.0 Å². The maximum atomic E-state index is 13.0. The number of ether oxygens (including phenoxy) is 1. The van der Waals surface area contributed by atoms with Crippen LogP contribution in [0.1, 0.15) is 35.6 Å². The summed E-state index contributed by atoms with van der Waals surface area (Å²) in [6.07, 6.45) is -0.206. The number of anilines is 1. The zero-order chi connectivity index (χ0) is 26.5. The van der Waals surface area contributed by atoms with Crippen LogP contribution in [0.5, 0.6) is 5.75 Å². The van der Waals surface area contributed by atoms with Crippen molar-refractivity contribution >= 4 is 35.1 Å². The molecular weight excluding hydrogens is 490 g/mol. The number of amides is 4. The summed E-state index contributed by atoms with van der Waals surface area (Å²) in [6.45, 7) is 6.21. The van der Waals surface area contributed by atoms with E-state index in [1.807, 2.05) is 69.3 Å². The largest absolute Gasteiger partial charge is 0.480 e. The fourth-order valence-corrected chi connectivity index (χ4v) is 4.43. The van der Waals surface area contributed by atoms with Gasteiger partial charge in [-0.1, -0.05) is 66.6 Å². The van der Waals surface area contributed by atoms with Crippen LogP contribution in [0.15, 0.2) is 66.7 Å². The van der Waals surface area contributed by atoms with Crippen molar-refractivity contribution in [2.45, 2.75) is 46.4 Å². The van der Waals surface area contributed by atoms with E-state index in [1.165, 1.54) is 9.80 Å². The molecule has 1 aliphatic rings. The summed E-state index contributed by atoms with van der Waals surface area (Å²) in [6, 6.07) is 20.0. The number of hydrogen-bond acceptors (Lipinski definition) is 4. The molecule has 7 nitrogen and oxygen atoms in total. The highest BCUT2D eigenvalue weighted by atomic mass is 35.5. The Kier molecular flexibility index (Phi) is 8.14. The van der Waals surface area contributed by atoms with Crippen LogP contribution in [0.25, 0.3) is 0 Å². The molecule has 0 aliphatic carbocycles. The molecule has 3 aromatic rings. The van der Waals surface area contributed by atoms with E-state index in [2.05, 4.69) is 5.32 Å². The Morgan fingerprint density at radius 1 is 1.03 bits per heavy atom. The fraction of sp³-hybridized carbons (Fsp3) is 0.276. The molecular formula is C29H30ClN3O4. The third-order valence-electron chi connectivity index (χ3n) is 6.25. The molecule has 1 heterocycles. The van der Waals surface area contributed by atoms with E-state index in [1.54, 1.807) is 18.2 Å². The highest BCUT2D eigenvalue weighted by Gasteiger charge is 2.36. The van der Waals surface area contributed by atoms with Gasteiger partial charge in [0, 0.05) is 17.3 Å². The Morgan fingerprint density at radius 3 is 2.49 bits per heavy atom. The lowest BCUT2D eigenvalue weighted by Gasteiger charge is -2.20. The van der Waals surface area contributed by atoms with Gasteiger partial charge in [-0.2, -0.15) is 0 Å². The van der Waals surface area contributed by atoms with Gasteiger partial charge in [-0.25, -0.2) is 4.79 Å². The minimum absolute atomic E-state index is 0.00964. The average Bonchev–Trinajstić information content (AvgIpc) is 3.13. The van der Waals surface area contributed by atoms with E-state index in [9.17, 15) is 14.4 Å². The summed E-state index contributed by atoms with van der Waals surface area (Å²) in [5, 5.41) is 3.28. The minimum Gasteiger partial charge on any atom is -0.480 e. The topological polar surface area (TPSA) is 79.0 Å². The van der Waals surface area contributed by atoms with E-state index in [0.717, 1.165) is 16.7 Å². The van der Waals surface area contributed by atoms with Gasteiger partial charge in [0.25, 0.3) is 11.8 Å². The summed E-state index contributed by atoms with van der Waals surface area (Å²) in [7, 11) is 0. The lowest BCUT2D eigenvalue weighted by Crippen LogP contribution is -2.33. The van der Waals surface area contributed by atoms with E-state index in [0.29, 0.717) is 35.0 Å². The lowest BCUT2D eigenvalue weighted by atomic mass is 10.1. The Balaban J connectivity index is 1.43. The Bertz CT molecular complexity index is 1310. The van der Waals surface area contributed by atoms with Crippen LogP contribution in [0, 0.1) is 13.8 Å². The number of benzene rings is 3. The number of hydrogen-bond donors (Lipinski definition) is 1. The number of halogens is 1. The predicted molar refractivity (Wildman–Crippen MR) is 144 cm³/mol. The molecule has 4 amide bonds. The first-order valence-electron chi connectivity index (χ1n) is 12.2. The molecule has 1 saturated heterocycles. The van der Waals surface area contributed by atoms with Crippen molar-refractivity contribution in [1.29, 1.82) is 0 Å². The van der Waals surface area contributed by atoms with Crippen LogP contribution in [-0.4, -0.2) is 40.3 Å². The van der Waals surface area contributed by atoms with E-state index in [4.69, 9.17) is 16.3 Å². The number of aryl methyl sites for hydroxylation is 2.